The maximum Gasteiger partial charge on any atom is 0.311 e. The summed E-state index contributed by atoms with van der Waals surface area (Å²) in [6.45, 7) is -0.0695. The standard InChI is InChI=1S/C12H10F2INO3/c1-19-12(18)6-2-10(17)16(5-6)11-8(13)3-7(15)4-9(11)14/h3-4,6H,2,5H2,1H3. The van der Waals surface area contributed by atoms with Crippen LogP contribution in [0.5, 0.6) is 0 Å². The number of carbonyl (C=O) groups is 2. The average Bonchev–Trinajstić information content (AvgIpc) is 2.69. The number of anilines is 1. The van der Waals surface area contributed by atoms with E-state index >= 15 is 0 Å². The molecule has 1 aliphatic heterocycles. The Kier molecular flexibility index (Phi) is 4.02. The Morgan fingerprint density at radius 2 is 2.00 bits per heavy atom. The topological polar surface area (TPSA) is 46.6 Å². The number of hydrogen-bond acceptors (Lipinski definition) is 3. The van der Waals surface area contributed by atoms with Crippen molar-refractivity contribution in [2.45, 2.75) is 6.42 Å². The predicted octanol–water partition coefficient (Wildman–Crippen LogP) is 2.10. The summed E-state index contributed by atoms with van der Waals surface area (Å²) in [5, 5.41) is 0. The summed E-state index contributed by atoms with van der Waals surface area (Å²) in [6.07, 6.45) is -0.0997. The molecule has 0 aliphatic carbocycles. The second-order valence-electron chi connectivity index (χ2n) is 4.15. The molecule has 1 saturated heterocycles. The fraction of sp³-hybridized carbons (Fsp3) is 0.333. The molecule has 1 atom stereocenters. The molecule has 1 unspecified atom stereocenters. The zero-order valence-electron chi connectivity index (χ0n) is 9.95. The summed E-state index contributed by atoms with van der Waals surface area (Å²) >= 11 is 1.78. The number of benzene rings is 1. The largest absolute Gasteiger partial charge is 0.469 e. The summed E-state index contributed by atoms with van der Waals surface area (Å²) in [4.78, 5) is 24.1. The molecule has 2 rings (SSSR count). The minimum absolute atomic E-state index is 0.0695. The highest BCUT2D eigenvalue weighted by molar-refractivity contribution is 14.1. The lowest BCUT2D eigenvalue weighted by Gasteiger charge is -2.18. The normalized spacial score (nSPS) is 18.8. The van der Waals surface area contributed by atoms with E-state index in [0.29, 0.717) is 3.57 Å². The highest BCUT2D eigenvalue weighted by Gasteiger charge is 2.38. The average molecular weight is 381 g/mol. The molecule has 0 N–H and O–H groups in total. The van der Waals surface area contributed by atoms with Gasteiger partial charge in [-0.25, -0.2) is 8.78 Å². The quantitative estimate of drug-likeness (QED) is 0.583. The van der Waals surface area contributed by atoms with Gasteiger partial charge in [0, 0.05) is 16.5 Å². The Bertz CT molecular complexity index is 527. The molecule has 0 saturated carbocycles. The zero-order valence-corrected chi connectivity index (χ0v) is 12.1. The lowest BCUT2D eigenvalue weighted by molar-refractivity contribution is -0.145. The van der Waals surface area contributed by atoms with Gasteiger partial charge >= 0.3 is 5.97 Å². The molecule has 0 aromatic heterocycles. The van der Waals surface area contributed by atoms with Crippen molar-refractivity contribution in [1.29, 1.82) is 0 Å². The number of rotatable bonds is 2. The minimum Gasteiger partial charge on any atom is -0.469 e. The van der Waals surface area contributed by atoms with Crippen molar-refractivity contribution in [3.05, 3.63) is 27.3 Å². The van der Waals surface area contributed by atoms with Gasteiger partial charge in [0.05, 0.1) is 13.0 Å². The molecule has 0 bridgehead atoms. The van der Waals surface area contributed by atoms with Gasteiger partial charge in [-0.1, -0.05) is 0 Å². The van der Waals surface area contributed by atoms with E-state index in [0.717, 1.165) is 17.0 Å². The van der Waals surface area contributed by atoms with Crippen molar-refractivity contribution in [2.24, 2.45) is 5.92 Å². The summed E-state index contributed by atoms with van der Waals surface area (Å²) in [5.74, 6) is -3.36. The molecule has 19 heavy (non-hydrogen) atoms. The second-order valence-corrected chi connectivity index (χ2v) is 5.39. The monoisotopic (exact) mass is 381 g/mol. The number of ether oxygens (including phenoxy) is 1. The van der Waals surface area contributed by atoms with Crippen molar-refractivity contribution in [3.63, 3.8) is 0 Å². The van der Waals surface area contributed by atoms with Crippen LogP contribution in [0, 0.1) is 21.1 Å². The van der Waals surface area contributed by atoms with E-state index in [2.05, 4.69) is 4.74 Å². The van der Waals surface area contributed by atoms with Crippen molar-refractivity contribution in [3.8, 4) is 0 Å². The van der Waals surface area contributed by atoms with Crippen LogP contribution in [0.4, 0.5) is 14.5 Å². The smallest absolute Gasteiger partial charge is 0.311 e. The van der Waals surface area contributed by atoms with E-state index in [1.807, 2.05) is 0 Å². The first-order valence-corrected chi connectivity index (χ1v) is 6.54. The van der Waals surface area contributed by atoms with E-state index < -0.39 is 35.1 Å². The van der Waals surface area contributed by atoms with Gasteiger partial charge in [-0.3, -0.25) is 9.59 Å². The third-order valence-electron chi connectivity index (χ3n) is 2.91. The number of esters is 1. The fourth-order valence-electron chi connectivity index (χ4n) is 2.04. The first-order valence-electron chi connectivity index (χ1n) is 5.46. The van der Waals surface area contributed by atoms with Crippen LogP contribution >= 0.6 is 22.6 Å². The molecule has 4 nitrogen and oxygen atoms in total. The molecular formula is C12H10F2INO3. The zero-order chi connectivity index (χ0) is 14.2. The van der Waals surface area contributed by atoms with Crippen LogP contribution < -0.4 is 4.90 Å². The van der Waals surface area contributed by atoms with Gasteiger partial charge in [-0.15, -0.1) is 0 Å². The minimum atomic E-state index is -0.816. The maximum absolute atomic E-state index is 13.8. The predicted molar refractivity (Wildman–Crippen MR) is 71.6 cm³/mol. The van der Waals surface area contributed by atoms with Crippen LogP contribution in [-0.2, 0) is 14.3 Å². The molecule has 0 spiro atoms. The molecule has 0 radical (unpaired) electrons. The van der Waals surface area contributed by atoms with E-state index in [1.165, 1.54) is 7.11 Å². The summed E-state index contributed by atoms with van der Waals surface area (Å²) < 4.78 is 32.5. The molecule has 1 aromatic carbocycles. The molecule has 102 valence electrons. The molecule has 1 amide bonds. The van der Waals surface area contributed by atoms with Crippen molar-refractivity contribution in [1.82, 2.24) is 0 Å². The maximum atomic E-state index is 13.8. The Labute approximate surface area is 121 Å². The number of carbonyl (C=O) groups excluding carboxylic acids is 2. The number of hydrogen-bond donors (Lipinski definition) is 0. The van der Waals surface area contributed by atoms with E-state index in [1.54, 1.807) is 22.6 Å². The lowest BCUT2D eigenvalue weighted by atomic mass is 10.1. The molecule has 1 fully saturated rings. The van der Waals surface area contributed by atoms with Gasteiger partial charge in [0.15, 0.2) is 11.6 Å². The highest BCUT2D eigenvalue weighted by Crippen LogP contribution is 2.31. The van der Waals surface area contributed by atoms with E-state index in [9.17, 15) is 18.4 Å². The number of methoxy groups -OCH3 is 1. The number of amides is 1. The third kappa shape index (κ3) is 2.70. The Morgan fingerprint density at radius 1 is 1.42 bits per heavy atom. The van der Waals surface area contributed by atoms with Gasteiger partial charge < -0.3 is 9.64 Å². The van der Waals surface area contributed by atoms with Crippen LogP contribution in [0.1, 0.15) is 6.42 Å². The summed E-state index contributed by atoms with van der Waals surface area (Å²) in [6, 6.07) is 2.27. The van der Waals surface area contributed by atoms with Crippen LogP contribution in [0.25, 0.3) is 0 Å². The summed E-state index contributed by atoms with van der Waals surface area (Å²) in [5.41, 5.74) is -0.406. The first kappa shape index (κ1) is 14.2. The lowest BCUT2D eigenvalue weighted by Crippen LogP contribution is -2.28. The van der Waals surface area contributed by atoms with Gasteiger partial charge in [0.2, 0.25) is 5.91 Å². The fourth-order valence-corrected chi connectivity index (χ4v) is 2.59. The Hall–Kier alpha value is -1.25. The Morgan fingerprint density at radius 3 is 2.53 bits per heavy atom. The molecule has 7 heteroatoms. The van der Waals surface area contributed by atoms with Gasteiger partial charge in [0.25, 0.3) is 0 Å². The van der Waals surface area contributed by atoms with Gasteiger partial charge in [-0.2, -0.15) is 0 Å². The molecule has 1 aromatic rings. The SMILES string of the molecule is COC(=O)C1CC(=O)N(c2c(F)cc(I)cc2F)C1. The van der Waals surface area contributed by atoms with Crippen LogP contribution in [-0.4, -0.2) is 25.5 Å². The molecule has 1 aliphatic rings. The van der Waals surface area contributed by atoms with E-state index in [-0.39, 0.29) is 13.0 Å². The Balaban J connectivity index is 2.33. The third-order valence-corrected chi connectivity index (χ3v) is 3.53. The van der Waals surface area contributed by atoms with Crippen molar-refractivity contribution in [2.75, 3.05) is 18.6 Å². The summed E-state index contributed by atoms with van der Waals surface area (Å²) in [7, 11) is 1.21. The molecular weight excluding hydrogens is 371 g/mol. The van der Waals surface area contributed by atoms with Crippen molar-refractivity contribution >= 4 is 40.2 Å². The van der Waals surface area contributed by atoms with Crippen LogP contribution in [0.15, 0.2) is 12.1 Å². The number of nitrogens with zero attached hydrogens (tertiary/aromatic N) is 1. The second kappa shape index (κ2) is 5.40. The highest BCUT2D eigenvalue weighted by atomic mass is 127. The molecule has 1 heterocycles. The van der Waals surface area contributed by atoms with Crippen LogP contribution in [0.2, 0.25) is 0 Å². The number of halogens is 3. The van der Waals surface area contributed by atoms with Gasteiger partial charge in [0.1, 0.15) is 5.69 Å². The van der Waals surface area contributed by atoms with Crippen LogP contribution in [0.3, 0.4) is 0 Å². The van der Waals surface area contributed by atoms with Crippen molar-refractivity contribution < 1.29 is 23.1 Å². The van der Waals surface area contributed by atoms with E-state index in [4.69, 9.17) is 0 Å². The van der Waals surface area contributed by atoms with Gasteiger partial charge in [-0.05, 0) is 34.7 Å². The first-order chi connectivity index (χ1) is 8.93.